The van der Waals surface area contributed by atoms with Crippen LogP contribution < -0.4 is 5.73 Å². The average Bonchev–Trinajstić information content (AvgIpc) is 2.25. The normalized spacial score (nSPS) is 10.1. The number of rotatable bonds is 1. The van der Waals surface area contributed by atoms with Gasteiger partial charge in [0.2, 0.25) is 0 Å². The molecule has 3 heteroatoms. The fourth-order valence-corrected chi connectivity index (χ4v) is 1.44. The standard InChI is InChI=1S/C12H11NO2/c13-10-6-9(11(14)7-12(10)15)8-4-2-1-3-5-8/h1-7,14-15H,13H2. The SMILES string of the molecule is Nc1cc(-c2ccccc2)c(O)cc1O. The zero-order valence-corrected chi connectivity index (χ0v) is 8.01. The number of phenols is 2. The van der Waals surface area contributed by atoms with Gasteiger partial charge in [-0.05, 0) is 11.6 Å². The molecule has 0 spiro atoms. The Kier molecular flexibility index (Phi) is 2.21. The predicted octanol–water partition coefficient (Wildman–Crippen LogP) is 2.35. The largest absolute Gasteiger partial charge is 0.507 e. The Morgan fingerprint density at radius 3 is 2.20 bits per heavy atom. The Labute approximate surface area is 87.4 Å². The molecular formula is C12H11NO2. The highest BCUT2D eigenvalue weighted by Gasteiger charge is 2.07. The van der Waals surface area contributed by atoms with E-state index in [2.05, 4.69) is 0 Å². The third kappa shape index (κ3) is 1.72. The summed E-state index contributed by atoms with van der Waals surface area (Å²) in [4.78, 5) is 0. The number of aromatic hydroxyl groups is 2. The van der Waals surface area contributed by atoms with Crippen LogP contribution >= 0.6 is 0 Å². The van der Waals surface area contributed by atoms with Gasteiger partial charge in [-0.2, -0.15) is 0 Å². The summed E-state index contributed by atoms with van der Waals surface area (Å²) in [6.07, 6.45) is 0. The Morgan fingerprint density at radius 2 is 1.53 bits per heavy atom. The lowest BCUT2D eigenvalue weighted by Crippen LogP contribution is -1.87. The number of nitrogens with two attached hydrogens (primary N) is 1. The number of phenolic OH excluding ortho intramolecular Hbond substituents is 2. The number of nitrogen functional groups attached to an aromatic ring is 1. The third-order valence-electron chi connectivity index (χ3n) is 2.23. The summed E-state index contributed by atoms with van der Waals surface area (Å²) >= 11 is 0. The molecule has 3 nitrogen and oxygen atoms in total. The van der Waals surface area contributed by atoms with E-state index in [9.17, 15) is 10.2 Å². The van der Waals surface area contributed by atoms with E-state index in [-0.39, 0.29) is 17.2 Å². The highest BCUT2D eigenvalue weighted by Crippen LogP contribution is 2.35. The lowest BCUT2D eigenvalue weighted by Gasteiger charge is -2.07. The molecule has 0 fully saturated rings. The van der Waals surface area contributed by atoms with Crippen molar-refractivity contribution >= 4 is 5.69 Å². The van der Waals surface area contributed by atoms with Crippen LogP contribution in [-0.2, 0) is 0 Å². The van der Waals surface area contributed by atoms with Gasteiger partial charge in [-0.1, -0.05) is 30.3 Å². The van der Waals surface area contributed by atoms with Crippen molar-refractivity contribution in [3.63, 3.8) is 0 Å². The van der Waals surface area contributed by atoms with Gasteiger partial charge in [-0.3, -0.25) is 0 Å². The minimum absolute atomic E-state index is 0.0212. The van der Waals surface area contributed by atoms with E-state index in [0.717, 1.165) is 5.56 Å². The summed E-state index contributed by atoms with van der Waals surface area (Å²) in [5.41, 5.74) is 7.30. The molecule has 15 heavy (non-hydrogen) atoms. The summed E-state index contributed by atoms with van der Waals surface area (Å²) < 4.78 is 0. The topological polar surface area (TPSA) is 66.5 Å². The van der Waals surface area contributed by atoms with Gasteiger partial charge < -0.3 is 15.9 Å². The monoisotopic (exact) mass is 201 g/mol. The van der Waals surface area contributed by atoms with Gasteiger partial charge >= 0.3 is 0 Å². The molecule has 0 saturated carbocycles. The maximum absolute atomic E-state index is 9.65. The Morgan fingerprint density at radius 1 is 0.867 bits per heavy atom. The van der Waals surface area contributed by atoms with Gasteiger partial charge in [0.05, 0.1) is 5.69 Å². The Bertz CT molecular complexity index is 480. The molecule has 0 aliphatic heterocycles. The minimum Gasteiger partial charge on any atom is -0.507 e. The van der Waals surface area contributed by atoms with Crippen LogP contribution in [0.2, 0.25) is 0 Å². The summed E-state index contributed by atoms with van der Waals surface area (Å²) in [6, 6.07) is 12.2. The molecule has 76 valence electrons. The van der Waals surface area contributed by atoms with E-state index < -0.39 is 0 Å². The van der Waals surface area contributed by atoms with Crippen LogP contribution in [-0.4, -0.2) is 10.2 Å². The molecule has 4 N–H and O–H groups in total. The molecular weight excluding hydrogens is 190 g/mol. The van der Waals surface area contributed by atoms with E-state index >= 15 is 0 Å². The molecule has 0 atom stereocenters. The van der Waals surface area contributed by atoms with E-state index in [0.29, 0.717) is 5.56 Å². The number of hydrogen-bond acceptors (Lipinski definition) is 3. The van der Waals surface area contributed by atoms with E-state index in [4.69, 9.17) is 5.73 Å². The summed E-state index contributed by atoms with van der Waals surface area (Å²) in [7, 11) is 0. The number of anilines is 1. The fraction of sp³-hybridized carbons (Fsp3) is 0. The highest BCUT2D eigenvalue weighted by atomic mass is 16.3. The first-order chi connectivity index (χ1) is 7.18. The van der Waals surface area contributed by atoms with Crippen LogP contribution in [0.15, 0.2) is 42.5 Å². The molecule has 0 aliphatic rings. The quantitative estimate of drug-likeness (QED) is 0.377. The van der Waals surface area contributed by atoms with Crippen molar-refractivity contribution in [1.82, 2.24) is 0 Å². The van der Waals surface area contributed by atoms with Gasteiger partial charge in [0.25, 0.3) is 0 Å². The van der Waals surface area contributed by atoms with E-state index in [1.165, 1.54) is 6.07 Å². The number of hydrogen-bond donors (Lipinski definition) is 3. The Hall–Kier alpha value is -2.16. The van der Waals surface area contributed by atoms with Crippen molar-refractivity contribution in [2.75, 3.05) is 5.73 Å². The molecule has 0 heterocycles. The van der Waals surface area contributed by atoms with Gasteiger partial charge in [0, 0.05) is 11.6 Å². The van der Waals surface area contributed by atoms with Crippen molar-refractivity contribution < 1.29 is 10.2 Å². The van der Waals surface area contributed by atoms with Gasteiger partial charge in [0.1, 0.15) is 11.5 Å². The lowest BCUT2D eigenvalue weighted by molar-refractivity contribution is 0.453. The average molecular weight is 201 g/mol. The zero-order valence-electron chi connectivity index (χ0n) is 8.01. The first kappa shape index (κ1) is 9.40. The summed E-state index contributed by atoms with van der Waals surface area (Å²) in [6.45, 7) is 0. The lowest BCUT2D eigenvalue weighted by atomic mass is 10.0. The van der Waals surface area contributed by atoms with Gasteiger partial charge in [0.15, 0.2) is 0 Å². The molecule has 0 aromatic heterocycles. The number of benzene rings is 2. The first-order valence-corrected chi connectivity index (χ1v) is 4.55. The van der Waals surface area contributed by atoms with Crippen molar-refractivity contribution in [3.8, 4) is 22.6 Å². The molecule has 0 radical (unpaired) electrons. The van der Waals surface area contributed by atoms with Crippen LogP contribution in [0.3, 0.4) is 0 Å². The van der Waals surface area contributed by atoms with Crippen LogP contribution in [0.1, 0.15) is 0 Å². The smallest absolute Gasteiger partial charge is 0.142 e. The van der Waals surface area contributed by atoms with E-state index in [1.807, 2.05) is 30.3 Å². The molecule has 0 amide bonds. The third-order valence-corrected chi connectivity index (χ3v) is 2.23. The molecule has 0 unspecified atom stereocenters. The van der Waals surface area contributed by atoms with Gasteiger partial charge in [-0.25, -0.2) is 0 Å². The van der Waals surface area contributed by atoms with Crippen LogP contribution in [0.5, 0.6) is 11.5 Å². The van der Waals surface area contributed by atoms with Crippen molar-refractivity contribution in [1.29, 1.82) is 0 Å². The molecule has 2 aromatic rings. The molecule has 0 aliphatic carbocycles. The van der Waals surface area contributed by atoms with E-state index in [1.54, 1.807) is 6.07 Å². The predicted molar refractivity (Wildman–Crippen MR) is 59.6 cm³/mol. The van der Waals surface area contributed by atoms with Crippen molar-refractivity contribution in [2.24, 2.45) is 0 Å². The van der Waals surface area contributed by atoms with Crippen LogP contribution in [0.4, 0.5) is 5.69 Å². The molecule has 2 aromatic carbocycles. The van der Waals surface area contributed by atoms with Crippen molar-refractivity contribution in [3.05, 3.63) is 42.5 Å². The second-order valence-corrected chi connectivity index (χ2v) is 3.29. The van der Waals surface area contributed by atoms with Crippen LogP contribution in [0.25, 0.3) is 11.1 Å². The van der Waals surface area contributed by atoms with Crippen LogP contribution in [0, 0.1) is 0 Å². The highest BCUT2D eigenvalue weighted by molar-refractivity contribution is 5.76. The van der Waals surface area contributed by atoms with Gasteiger partial charge in [-0.15, -0.1) is 0 Å². The zero-order chi connectivity index (χ0) is 10.8. The summed E-state index contributed by atoms with van der Waals surface area (Å²) in [5, 5.41) is 18.9. The fourth-order valence-electron chi connectivity index (χ4n) is 1.44. The van der Waals surface area contributed by atoms with Crippen molar-refractivity contribution in [2.45, 2.75) is 0 Å². The second kappa shape index (κ2) is 3.53. The summed E-state index contributed by atoms with van der Waals surface area (Å²) in [5.74, 6) is -0.0833. The Balaban J connectivity index is 2.59. The first-order valence-electron chi connectivity index (χ1n) is 4.55. The second-order valence-electron chi connectivity index (χ2n) is 3.29. The maximum Gasteiger partial charge on any atom is 0.142 e. The molecule has 2 rings (SSSR count). The minimum atomic E-state index is -0.104. The maximum atomic E-state index is 9.65. The molecule has 0 saturated heterocycles. The molecule has 0 bridgehead atoms.